The number of aromatic nitrogens is 1. The number of thiazole rings is 1. The summed E-state index contributed by atoms with van der Waals surface area (Å²) < 4.78 is 0. The summed E-state index contributed by atoms with van der Waals surface area (Å²) in [7, 11) is 0. The molecule has 0 aromatic carbocycles. The van der Waals surface area contributed by atoms with Gasteiger partial charge >= 0.3 is 0 Å². The van der Waals surface area contributed by atoms with Gasteiger partial charge in [-0.1, -0.05) is 6.42 Å². The SMILES string of the molecule is Nc1ncc(CN(CC2CCC2)CC2CC2)s1. The highest BCUT2D eigenvalue weighted by molar-refractivity contribution is 7.15. The number of hydrogen-bond donors (Lipinski definition) is 1. The third-order valence-corrected chi connectivity index (χ3v) is 4.72. The molecule has 2 aliphatic carbocycles. The van der Waals surface area contributed by atoms with Crippen LogP contribution in [0.2, 0.25) is 0 Å². The lowest BCUT2D eigenvalue weighted by Gasteiger charge is -2.32. The van der Waals surface area contributed by atoms with E-state index in [1.54, 1.807) is 11.3 Å². The quantitative estimate of drug-likeness (QED) is 0.845. The van der Waals surface area contributed by atoms with Gasteiger partial charge in [-0.05, 0) is 37.5 Å². The van der Waals surface area contributed by atoms with E-state index < -0.39 is 0 Å². The Bertz CT molecular complexity index is 368. The van der Waals surface area contributed by atoms with Gasteiger partial charge in [-0.2, -0.15) is 0 Å². The van der Waals surface area contributed by atoms with Crippen molar-refractivity contribution in [1.82, 2.24) is 9.88 Å². The van der Waals surface area contributed by atoms with Gasteiger partial charge in [-0.25, -0.2) is 4.98 Å². The van der Waals surface area contributed by atoms with Gasteiger partial charge in [-0.3, -0.25) is 4.90 Å². The van der Waals surface area contributed by atoms with Gasteiger partial charge < -0.3 is 5.73 Å². The molecule has 0 amide bonds. The highest BCUT2D eigenvalue weighted by atomic mass is 32.1. The van der Waals surface area contributed by atoms with Crippen LogP contribution in [0.25, 0.3) is 0 Å². The van der Waals surface area contributed by atoms with E-state index in [0.717, 1.165) is 18.4 Å². The average molecular weight is 251 g/mol. The van der Waals surface area contributed by atoms with E-state index in [4.69, 9.17) is 5.73 Å². The van der Waals surface area contributed by atoms with Crippen LogP contribution >= 0.6 is 11.3 Å². The Hall–Kier alpha value is -0.610. The number of anilines is 1. The second kappa shape index (κ2) is 4.94. The molecule has 3 rings (SSSR count). The molecule has 4 heteroatoms. The predicted molar refractivity (Wildman–Crippen MR) is 71.9 cm³/mol. The van der Waals surface area contributed by atoms with Crippen LogP contribution in [0.4, 0.5) is 5.13 Å². The van der Waals surface area contributed by atoms with Crippen LogP contribution in [0.1, 0.15) is 37.0 Å². The van der Waals surface area contributed by atoms with Crippen molar-refractivity contribution in [1.29, 1.82) is 0 Å². The van der Waals surface area contributed by atoms with E-state index in [1.165, 1.54) is 50.1 Å². The van der Waals surface area contributed by atoms with Crippen LogP contribution in [0.15, 0.2) is 6.20 Å². The first-order valence-electron chi connectivity index (χ1n) is 6.72. The summed E-state index contributed by atoms with van der Waals surface area (Å²) in [5, 5.41) is 0.704. The van der Waals surface area contributed by atoms with Gasteiger partial charge in [0.15, 0.2) is 5.13 Å². The molecule has 0 aliphatic heterocycles. The van der Waals surface area contributed by atoms with E-state index in [0.29, 0.717) is 5.13 Å². The minimum Gasteiger partial charge on any atom is -0.375 e. The second-order valence-corrected chi connectivity index (χ2v) is 6.75. The molecule has 1 aromatic rings. The van der Waals surface area contributed by atoms with Crippen LogP contribution in [-0.2, 0) is 6.54 Å². The Morgan fingerprint density at radius 2 is 1.94 bits per heavy atom. The summed E-state index contributed by atoms with van der Waals surface area (Å²) in [6, 6.07) is 0. The van der Waals surface area contributed by atoms with E-state index in [1.807, 2.05) is 6.20 Å². The summed E-state index contributed by atoms with van der Waals surface area (Å²) in [4.78, 5) is 8.10. The monoisotopic (exact) mass is 251 g/mol. The van der Waals surface area contributed by atoms with Crippen LogP contribution in [-0.4, -0.2) is 23.0 Å². The molecule has 3 nitrogen and oxygen atoms in total. The molecule has 0 atom stereocenters. The molecule has 94 valence electrons. The standard InChI is InChI=1S/C13H21N3S/c14-13-15-6-12(17-13)9-16(8-11-4-5-11)7-10-2-1-3-10/h6,10-11H,1-5,7-9H2,(H2,14,15). The molecule has 2 N–H and O–H groups in total. The summed E-state index contributed by atoms with van der Waals surface area (Å²) in [6.45, 7) is 3.63. The van der Waals surface area contributed by atoms with Crippen molar-refractivity contribution in [2.45, 2.75) is 38.6 Å². The van der Waals surface area contributed by atoms with E-state index in [2.05, 4.69) is 9.88 Å². The molecule has 0 bridgehead atoms. The zero-order valence-corrected chi connectivity index (χ0v) is 11.1. The third kappa shape index (κ3) is 3.19. The lowest BCUT2D eigenvalue weighted by Crippen LogP contribution is -2.33. The third-order valence-electron chi connectivity index (χ3n) is 3.91. The van der Waals surface area contributed by atoms with Crippen molar-refractivity contribution < 1.29 is 0 Å². The van der Waals surface area contributed by atoms with Crippen molar-refractivity contribution in [2.24, 2.45) is 11.8 Å². The first-order valence-corrected chi connectivity index (χ1v) is 7.54. The van der Waals surface area contributed by atoms with Gasteiger partial charge in [0.2, 0.25) is 0 Å². The molecule has 0 radical (unpaired) electrons. The molecule has 2 aliphatic rings. The van der Waals surface area contributed by atoms with Crippen molar-refractivity contribution in [3.05, 3.63) is 11.1 Å². The first-order chi connectivity index (χ1) is 8.29. The topological polar surface area (TPSA) is 42.1 Å². The maximum atomic E-state index is 5.70. The molecule has 1 heterocycles. The maximum Gasteiger partial charge on any atom is 0.180 e. The van der Waals surface area contributed by atoms with E-state index in [9.17, 15) is 0 Å². The largest absolute Gasteiger partial charge is 0.375 e. The second-order valence-electron chi connectivity index (χ2n) is 5.60. The molecule has 2 fully saturated rings. The number of nitrogens with two attached hydrogens (primary N) is 1. The van der Waals surface area contributed by atoms with Gasteiger partial charge in [0.1, 0.15) is 0 Å². The fourth-order valence-electron chi connectivity index (χ4n) is 2.53. The zero-order chi connectivity index (χ0) is 11.7. The van der Waals surface area contributed by atoms with Crippen molar-refractivity contribution in [2.75, 3.05) is 18.8 Å². The zero-order valence-electron chi connectivity index (χ0n) is 10.3. The number of nitrogen functional groups attached to an aromatic ring is 1. The smallest absolute Gasteiger partial charge is 0.180 e. The fourth-order valence-corrected chi connectivity index (χ4v) is 3.25. The van der Waals surface area contributed by atoms with E-state index in [-0.39, 0.29) is 0 Å². The Balaban J connectivity index is 1.56. The van der Waals surface area contributed by atoms with Gasteiger partial charge in [-0.15, -0.1) is 11.3 Å². The van der Waals surface area contributed by atoms with Crippen LogP contribution in [0, 0.1) is 11.8 Å². The fraction of sp³-hybridized carbons (Fsp3) is 0.769. The highest BCUT2D eigenvalue weighted by Crippen LogP contribution is 2.33. The average Bonchev–Trinajstić information content (AvgIpc) is 2.95. The maximum absolute atomic E-state index is 5.70. The van der Waals surface area contributed by atoms with E-state index >= 15 is 0 Å². The molecule has 0 spiro atoms. The van der Waals surface area contributed by atoms with Crippen molar-refractivity contribution in [3.8, 4) is 0 Å². The molecule has 0 unspecified atom stereocenters. The van der Waals surface area contributed by atoms with Gasteiger partial charge in [0.25, 0.3) is 0 Å². The predicted octanol–water partition coefficient (Wildman–Crippen LogP) is 2.74. The Kier molecular flexibility index (Phi) is 3.34. The summed E-state index contributed by atoms with van der Waals surface area (Å²) in [6.07, 6.45) is 9.13. The highest BCUT2D eigenvalue weighted by Gasteiger charge is 2.27. The minimum atomic E-state index is 0.704. The number of nitrogens with zero attached hydrogens (tertiary/aromatic N) is 2. The van der Waals surface area contributed by atoms with Crippen molar-refractivity contribution in [3.63, 3.8) is 0 Å². The summed E-state index contributed by atoms with van der Waals surface area (Å²) in [5.41, 5.74) is 5.70. The molecule has 2 saturated carbocycles. The van der Waals surface area contributed by atoms with Gasteiger partial charge in [0, 0.05) is 30.7 Å². The number of hydrogen-bond acceptors (Lipinski definition) is 4. The van der Waals surface area contributed by atoms with Crippen LogP contribution < -0.4 is 5.73 Å². The lowest BCUT2D eigenvalue weighted by molar-refractivity contribution is 0.167. The van der Waals surface area contributed by atoms with Crippen LogP contribution in [0.3, 0.4) is 0 Å². The molecule has 0 saturated heterocycles. The Morgan fingerprint density at radius 3 is 2.41 bits per heavy atom. The minimum absolute atomic E-state index is 0.704. The molecule has 17 heavy (non-hydrogen) atoms. The molecular weight excluding hydrogens is 230 g/mol. The summed E-state index contributed by atoms with van der Waals surface area (Å²) in [5.74, 6) is 1.93. The lowest BCUT2D eigenvalue weighted by atomic mass is 9.85. The summed E-state index contributed by atoms with van der Waals surface area (Å²) >= 11 is 1.64. The normalized spacial score (nSPS) is 20.8. The first kappa shape index (κ1) is 11.5. The van der Waals surface area contributed by atoms with Crippen molar-refractivity contribution >= 4 is 16.5 Å². The Labute approximate surface area is 107 Å². The molecular formula is C13H21N3S. The number of rotatable bonds is 6. The van der Waals surface area contributed by atoms with Crippen LogP contribution in [0.5, 0.6) is 0 Å². The molecule has 1 aromatic heterocycles. The van der Waals surface area contributed by atoms with Gasteiger partial charge in [0.05, 0.1) is 0 Å². The Morgan fingerprint density at radius 1 is 1.24 bits per heavy atom.